The van der Waals surface area contributed by atoms with Crippen molar-refractivity contribution >= 4 is 11.6 Å². The lowest BCUT2D eigenvalue weighted by atomic mass is 9.97. The summed E-state index contributed by atoms with van der Waals surface area (Å²) in [5.74, 6) is -0.770. The average Bonchev–Trinajstić information content (AvgIpc) is 1.84. The molecule has 0 aromatic carbocycles. The summed E-state index contributed by atoms with van der Waals surface area (Å²) in [7, 11) is 0. The zero-order chi connectivity index (χ0) is 9.02. The zero-order valence-corrected chi connectivity index (χ0v) is 7.13. The summed E-state index contributed by atoms with van der Waals surface area (Å²) in [4.78, 5) is 21.5. The van der Waals surface area contributed by atoms with E-state index in [0.717, 1.165) is 0 Å². The first-order valence-corrected chi connectivity index (χ1v) is 3.65. The predicted octanol–water partition coefficient (Wildman–Crippen LogP) is 0.551. The molecular formula is C8H14O3. The Hall–Kier alpha value is -0.700. The third-order valence-corrected chi connectivity index (χ3v) is 1.65. The number of aliphatic hydroxyl groups is 1. The summed E-state index contributed by atoms with van der Waals surface area (Å²) in [6.45, 7) is 4.53. The van der Waals surface area contributed by atoms with E-state index in [0.29, 0.717) is 0 Å². The van der Waals surface area contributed by atoms with E-state index in [4.69, 9.17) is 5.11 Å². The Morgan fingerprint density at radius 1 is 1.36 bits per heavy atom. The van der Waals surface area contributed by atoms with Gasteiger partial charge in [0.05, 0.1) is 12.5 Å². The number of Topliss-reactive ketones (excluding diaryl/α,β-unsaturated/α-hetero) is 2. The van der Waals surface area contributed by atoms with Gasteiger partial charge in [-0.25, -0.2) is 0 Å². The molecule has 0 aromatic heterocycles. The van der Waals surface area contributed by atoms with E-state index in [1.807, 2.05) is 0 Å². The average molecular weight is 158 g/mol. The molecule has 1 N–H and O–H groups in total. The molecule has 0 aliphatic heterocycles. The number of hydrogen-bond donors (Lipinski definition) is 1. The van der Waals surface area contributed by atoms with Crippen LogP contribution in [0.3, 0.4) is 0 Å². The number of aliphatic hydroxyl groups excluding tert-OH is 1. The van der Waals surface area contributed by atoms with Gasteiger partial charge in [-0.1, -0.05) is 6.92 Å². The first-order chi connectivity index (χ1) is 4.95. The van der Waals surface area contributed by atoms with Crippen LogP contribution >= 0.6 is 0 Å². The van der Waals surface area contributed by atoms with Crippen molar-refractivity contribution in [3.63, 3.8) is 0 Å². The summed E-state index contributed by atoms with van der Waals surface area (Å²) < 4.78 is 0. The number of hydrogen-bond acceptors (Lipinski definition) is 3. The molecule has 0 aliphatic rings. The second kappa shape index (κ2) is 4.23. The molecule has 0 fully saturated rings. The Morgan fingerprint density at radius 2 is 1.82 bits per heavy atom. The summed E-state index contributed by atoms with van der Waals surface area (Å²) in [6, 6.07) is 0. The van der Waals surface area contributed by atoms with Gasteiger partial charge in [0.1, 0.15) is 11.6 Å². The molecule has 64 valence electrons. The highest BCUT2D eigenvalue weighted by Gasteiger charge is 2.18. The van der Waals surface area contributed by atoms with Crippen molar-refractivity contribution in [1.29, 1.82) is 0 Å². The molecule has 0 radical (unpaired) electrons. The maximum absolute atomic E-state index is 11.0. The van der Waals surface area contributed by atoms with Gasteiger partial charge in [-0.05, 0) is 13.8 Å². The molecule has 0 amide bonds. The maximum Gasteiger partial charge on any atom is 0.145 e. The second-order valence-electron chi connectivity index (χ2n) is 2.87. The Kier molecular flexibility index (Phi) is 3.97. The summed E-state index contributed by atoms with van der Waals surface area (Å²) in [5, 5.41) is 8.97. The topological polar surface area (TPSA) is 54.4 Å². The quantitative estimate of drug-likeness (QED) is 0.608. The van der Waals surface area contributed by atoms with E-state index in [-0.39, 0.29) is 18.0 Å². The number of carbonyl (C=O) groups is 2. The Balaban J connectivity index is 3.93. The molecule has 0 saturated carbocycles. The fourth-order valence-corrected chi connectivity index (χ4v) is 0.675. The first-order valence-electron chi connectivity index (χ1n) is 3.65. The number of rotatable bonds is 4. The van der Waals surface area contributed by atoms with Crippen molar-refractivity contribution < 1.29 is 14.7 Å². The van der Waals surface area contributed by atoms with E-state index >= 15 is 0 Å². The minimum atomic E-state index is -0.665. The molecule has 0 bridgehead atoms. The van der Waals surface area contributed by atoms with Crippen LogP contribution in [0.1, 0.15) is 27.2 Å². The molecule has 11 heavy (non-hydrogen) atoms. The summed E-state index contributed by atoms with van der Waals surface area (Å²) in [6.07, 6.45) is -0.728. The van der Waals surface area contributed by atoms with E-state index in [2.05, 4.69) is 0 Å². The molecule has 0 heterocycles. The third kappa shape index (κ3) is 3.88. The third-order valence-electron chi connectivity index (χ3n) is 1.65. The van der Waals surface area contributed by atoms with Gasteiger partial charge in [-0.15, -0.1) is 0 Å². The van der Waals surface area contributed by atoms with Crippen molar-refractivity contribution in [2.45, 2.75) is 33.3 Å². The van der Waals surface area contributed by atoms with E-state index < -0.39 is 12.0 Å². The molecular weight excluding hydrogens is 144 g/mol. The van der Waals surface area contributed by atoms with Gasteiger partial charge < -0.3 is 5.11 Å². The standard InChI is InChI=1S/C8H14O3/c1-5(9)4-8(11)6(2)7(3)10/h6-7,10H,4H2,1-3H3. The minimum Gasteiger partial charge on any atom is -0.393 e. The van der Waals surface area contributed by atoms with Gasteiger partial charge in [-0.3, -0.25) is 9.59 Å². The lowest BCUT2D eigenvalue weighted by Crippen LogP contribution is -2.24. The minimum absolute atomic E-state index is 0.0634. The van der Waals surface area contributed by atoms with Gasteiger partial charge in [0, 0.05) is 5.92 Å². The predicted molar refractivity (Wildman–Crippen MR) is 41.1 cm³/mol. The number of ketones is 2. The van der Waals surface area contributed by atoms with Crippen molar-refractivity contribution in [2.75, 3.05) is 0 Å². The first kappa shape index (κ1) is 10.3. The van der Waals surface area contributed by atoms with Crippen molar-refractivity contribution in [2.24, 2.45) is 5.92 Å². The highest BCUT2D eigenvalue weighted by molar-refractivity contribution is 5.99. The largest absolute Gasteiger partial charge is 0.393 e. The van der Waals surface area contributed by atoms with Gasteiger partial charge in [-0.2, -0.15) is 0 Å². The monoisotopic (exact) mass is 158 g/mol. The van der Waals surface area contributed by atoms with Gasteiger partial charge in [0.25, 0.3) is 0 Å². The van der Waals surface area contributed by atoms with Crippen LogP contribution in [0.25, 0.3) is 0 Å². The number of carbonyl (C=O) groups excluding carboxylic acids is 2. The van der Waals surface area contributed by atoms with Crippen LogP contribution in [0, 0.1) is 5.92 Å². The van der Waals surface area contributed by atoms with Gasteiger partial charge in [0.2, 0.25) is 0 Å². The van der Waals surface area contributed by atoms with Crippen LogP contribution in [0.4, 0.5) is 0 Å². The summed E-state index contributed by atoms with van der Waals surface area (Å²) >= 11 is 0. The van der Waals surface area contributed by atoms with Crippen molar-refractivity contribution in [1.82, 2.24) is 0 Å². The van der Waals surface area contributed by atoms with E-state index in [1.54, 1.807) is 13.8 Å². The molecule has 0 aromatic rings. The lowest BCUT2D eigenvalue weighted by Gasteiger charge is -2.11. The van der Waals surface area contributed by atoms with Crippen LogP contribution in [-0.4, -0.2) is 22.8 Å². The molecule has 0 saturated heterocycles. The van der Waals surface area contributed by atoms with Gasteiger partial charge in [0.15, 0.2) is 0 Å². The fourth-order valence-electron chi connectivity index (χ4n) is 0.675. The molecule has 2 atom stereocenters. The van der Waals surface area contributed by atoms with Crippen LogP contribution < -0.4 is 0 Å². The van der Waals surface area contributed by atoms with Gasteiger partial charge >= 0.3 is 0 Å². The zero-order valence-electron chi connectivity index (χ0n) is 7.13. The normalized spacial score (nSPS) is 15.6. The molecule has 0 spiro atoms. The van der Waals surface area contributed by atoms with Crippen LogP contribution in [0.15, 0.2) is 0 Å². The lowest BCUT2D eigenvalue weighted by molar-refractivity contribution is -0.130. The second-order valence-corrected chi connectivity index (χ2v) is 2.87. The smallest absolute Gasteiger partial charge is 0.145 e. The highest BCUT2D eigenvalue weighted by Crippen LogP contribution is 2.06. The molecule has 0 rings (SSSR count). The molecule has 3 heteroatoms. The SMILES string of the molecule is CC(=O)CC(=O)C(C)C(C)O. The molecule has 0 aliphatic carbocycles. The molecule has 3 nitrogen and oxygen atoms in total. The van der Waals surface area contributed by atoms with E-state index in [1.165, 1.54) is 6.92 Å². The Bertz CT molecular complexity index is 161. The van der Waals surface area contributed by atoms with Crippen molar-refractivity contribution in [3.8, 4) is 0 Å². The van der Waals surface area contributed by atoms with Crippen molar-refractivity contribution in [3.05, 3.63) is 0 Å². The van der Waals surface area contributed by atoms with Crippen LogP contribution in [-0.2, 0) is 9.59 Å². The highest BCUT2D eigenvalue weighted by atomic mass is 16.3. The fraction of sp³-hybridized carbons (Fsp3) is 0.750. The maximum atomic E-state index is 11.0. The summed E-state index contributed by atoms with van der Waals surface area (Å²) in [5.41, 5.74) is 0. The van der Waals surface area contributed by atoms with E-state index in [9.17, 15) is 9.59 Å². The van der Waals surface area contributed by atoms with Crippen LogP contribution in [0.5, 0.6) is 0 Å². The molecule has 2 unspecified atom stereocenters. The Labute approximate surface area is 66.4 Å². The van der Waals surface area contributed by atoms with Crippen LogP contribution in [0.2, 0.25) is 0 Å². The Morgan fingerprint density at radius 3 is 2.09 bits per heavy atom.